The molecule has 3 rings (SSSR count). The van der Waals surface area contributed by atoms with Gasteiger partial charge in [0.1, 0.15) is 22.9 Å². The van der Waals surface area contributed by atoms with Gasteiger partial charge < -0.3 is 18.9 Å². The number of nitrogens with zero attached hydrogens (tertiary/aromatic N) is 2. The van der Waals surface area contributed by atoms with Gasteiger partial charge in [-0.1, -0.05) is 35.9 Å². The summed E-state index contributed by atoms with van der Waals surface area (Å²) in [6, 6.07) is 8.33. The molecule has 0 saturated carbocycles. The highest BCUT2D eigenvalue weighted by molar-refractivity contribution is 7.90. The molecular formula is C26H31Cl2N3O6S. The molecule has 0 bridgehead atoms. The van der Waals surface area contributed by atoms with E-state index in [0.717, 1.165) is 5.56 Å². The lowest BCUT2D eigenvalue weighted by Gasteiger charge is -2.37. The maximum absolute atomic E-state index is 13.2. The number of carbonyl (C=O) groups excluding carboxylic acids is 1. The number of likely N-dealkylation sites (tertiary alicyclic amines) is 1. The molecule has 206 valence electrons. The van der Waals surface area contributed by atoms with Gasteiger partial charge in [-0.05, 0) is 57.7 Å². The van der Waals surface area contributed by atoms with E-state index in [9.17, 15) is 19.5 Å². The normalized spacial score (nSPS) is 16.0. The third-order valence-corrected chi connectivity index (χ3v) is 8.36. The molecule has 1 aliphatic heterocycles. The van der Waals surface area contributed by atoms with E-state index >= 15 is 0 Å². The zero-order chi connectivity index (χ0) is 28.0. The number of rotatable bonds is 9. The molecule has 0 radical (unpaired) electrons. The van der Waals surface area contributed by atoms with E-state index in [4.69, 9.17) is 32.7 Å². The van der Waals surface area contributed by atoms with Crippen LogP contribution in [0.2, 0.25) is 10.0 Å². The number of ether oxygens (including phenoxy) is 2. The molecule has 1 saturated heterocycles. The van der Waals surface area contributed by atoms with Crippen LogP contribution in [0.4, 0.5) is 10.5 Å². The minimum Gasteiger partial charge on any atom is -0.598 e. The number of nitro groups is 1. The van der Waals surface area contributed by atoms with Crippen molar-refractivity contribution in [2.45, 2.75) is 44.4 Å². The second-order valence-corrected chi connectivity index (χ2v) is 12.6. The Hall–Kier alpha value is -2.50. The highest BCUT2D eigenvalue weighted by Crippen LogP contribution is 2.41. The average molecular weight is 585 g/mol. The van der Waals surface area contributed by atoms with E-state index in [0.29, 0.717) is 41.7 Å². The van der Waals surface area contributed by atoms with Crippen molar-refractivity contribution in [2.24, 2.45) is 5.92 Å². The lowest BCUT2D eigenvalue weighted by molar-refractivity contribution is -0.384. The van der Waals surface area contributed by atoms with E-state index in [-0.39, 0.29) is 24.0 Å². The molecule has 1 N–H and O–H groups in total. The summed E-state index contributed by atoms with van der Waals surface area (Å²) >= 11 is 11.2. The summed E-state index contributed by atoms with van der Waals surface area (Å²) in [4.78, 5) is 24.6. The minimum absolute atomic E-state index is 0.00644. The van der Waals surface area contributed by atoms with Gasteiger partial charge in [0, 0.05) is 48.2 Å². The number of hydrogen-bond acceptors (Lipinski definition) is 7. The van der Waals surface area contributed by atoms with E-state index < -0.39 is 33.2 Å². The van der Waals surface area contributed by atoms with Crippen molar-refractivity contribution in [3.8, 4) is 11.5 Å². The van der Waals surface area contributed by atoms with Gasteiger partial charge in [-0.3, -0.25) is 10.1 Å². The summed E-state index contributed by atoms with van der Waals surface area (Å²) in [5, 5.41) is 11.5. The Morgan fingerprint density at radius 3 is 2.39 bits per heavy atom. The van der Waals surface area contributed by atoms with E-state index in [1.54, 1.807) is 23.1 Å². The maximum atomic E-state index is 13.2. The van der Waals surface area contributed by atoms with Crippen LogP contribution in [0.25, 0.3) is 0 Å². The number of halogens is 2. The quantitative estimate of drug-likeness (QED) is 0.155. The predicted octanol–water partition coefficient (Wildman–Crippen LogP) is 6.47. The van der Waals surface area contributed by atoms with Crippen molar-refractivity contribution < 1.29 is 23.7 Å². The molecule has 1 aliphatic rings. The Bertz CT molecular complexity index is 1150. The minimum atomic E-state index is -1.40. The summed E-state index contributed by atoms with van der Waals surface area (Å²) in [7, 11) is 0. The number of amides is 1. The molecule has 1 amide bonds. The molecule has 2 aromatic carbocycles. The van der Waals surface area contributed by atoms with E-state index in [1.165, 1.54) is 24.3 Å². The Balaban J connectivity index is 1.78. The number of hydrogen-bond donors (Lipinski definition) is 1. The Morgan fingerprint density at radius 2 is 1.84 bits per heavy atom. The fourth-order valence-electron chi connectivity index (χ4n) is 3.98. The Labute approximate surface area is 235 Å². The number of piperidine rings is 1. The SMILES string of the molecule is C=CCOc1cc(Cl)c(Cl)cc1[C@H](N[S@+]([O-])C(C)(C)C)C1CCN(C(=O)Oc2ccc([N+](=O)[O-])cc2)CC1. The first-order valence-corrected chi connectivity index (χ1v) is 13.9. The molecule has 2 atom stereocenters. The summed E-state index contributed by atoms with van der Waals surface area (Å²) in [6.45, 7) is 10.4. The molecule has 0 spiro atoms. The molecule has 0 aliphatic carbocycles. The van der Waals surface area contributed by atoms with Crippen LogP contribution in [-0.2, 0) is 11.4 Å². The Kier molecular flexibility index (Phi) is 10.3. The molecule has 0 unspecified atom stereocenters. The number of benzene rings is 2. The topological polar surface area (TPSA) is 117 Å². The molecule has 12 heteroatoms. The van der Waals surface area contributed by atoms with E-state index in [1.807, 2.05) is 20.8 Å². The van der Waals surface area contributed by atoms with Crippen molar-refractivity contribution in [2.75, 3.05) is 19.7 Å². The molecule has 9 nitrogen and oxygen atoms in total. The maximum Gasteiger partial charge on any atom is 0.415 e. The van der Waals surface area contributed by atoms with Gasteiger partial charge in [-0.25, -0.2) is 4.79 Å². The van der Waals surface area contributed by atoms with Gasteiger partial charge in [0.25, 0.3) is 5.69 Å². The fourth-order valence-corrected chi connectivity index (χ4v) is 5.21. The second-order valence-electron chi connectivity index (χ2n) is 9.82. The van der Waals surface area contributed by atoms with Crippen molar-refractivity contribution >= 4 is 46.3 Å². The molecule has 1 heterocycles. The number of nitro benzene ring substituents is 1. The highest BCUT2D eigenvalue weighted by Gasteiger charge is 2.37. The first-order chi connectivity index (χ1) is 17.9. The van der Waals surface area contributed by atoms with E-state index in [2.05, 4.69) is 11.3 Å². The molecule has 38 heavy (non-hydrogen) atoms. The number of carbonyl (C=O) groups is 1. The van der Waals surface area contributed by atoms with Gasteiger partial charge in [0.2, 0.25) is 0 Å². The van der Waals surface area contributed by atoms with Crippen LogP contribution in [0.5, 0.6) is 11.5 Å². The van der Waals surface area contributed by atoms with Gasteiger partial charge >= 0.3 is 6.09 Å². The lowest BCUT2D eigenvalue weighted by Crippen LogP contribution is -2.47. The van der Waals surface area contributed by atoms with Crippen LogP contribution in [0.3, 0.4) is 0 Å². The average Bonchev–Trinajstić information content (AvgIpc) is 2.87. The number of nitrogens with one attached hydrogen (secondary N) is 1. The summed E-state index contributed by atoms with van der Waals surface area (Å²) in [5.41, 5.74) is 0.640. The van der Waals surface area contributed by atoms with Crippen LogP contribution in [-0.4, -0.2) is 44.9 Å². The van der Waals surface area contributed by atoms with Crippen LogP contribution in [0.15, 0.2) is 49.1 Å². The second kappa shape index (κ2) is 13.0. The molecule has 0 aromatic heterocycles. The number of non-ortho nitro benzene ring substituents is 1. The van der Waals surface area contributed by atoms with Crippen molar-refractivity contribution in [3.63, 3.8) is 0 Å². The van der Waals surface area contributed by atoms with Crippen molar-refractivity contribution in [1.29, 1.82) is 0 Å². The monoisotopic (exact) mass is 583 g/mol. The summed E-state index contributed by atoms with van der Waals surface area (Å²) < 4.78 is 27.2. The van der Waals surface area contributed by atoms with Gasteiger partial charge in [-0.2, -0.15) is 0 Å². The predicted molar refractivity (Wildman–Crippen MR) is 149 cm³/mol. The van der Waals surface area contributed by atoms with Gasteiger partial charge in [0.05, 0.1) is 21.0 Å². The fraction of sp³-hybridized carbons (Fsp3) is 0.423. The van der Waals surface area contributed by atoms with Crippen molar-refractivity contribution in [1.82, 2.24) is 9.62 Å². The zero-order valence-corrected chi connectivity index (χ0v) is 23.8. The Morgan fingerprint density at radius 1 is 1.24 bits per heavy atom. The summed E-state index contributed by atoms with van der Waals surface area (Å²) in [6.07, 6.45) is 2.27. The molecular weight excluding hydrogens is 553 g/mol. The lowest BCUT2D eigenvalue weighted by atomic mass is 9.85. The smallest absolute Gasteiger partial charge is 0.415 e. The largest absolute Gasteiger partial charge is 0.598 e. The van der Waals surface area contributed by atoms with Gasteiger partial charge in [0.15, 0.2) is 0 Å². The van der Waals surface area contributed by atoms with Crippen LogP contribution in [0.1, 0.15) is 45.2 Å². The first-order valence-electron chi connectivity index (χ1n) is 12.0. The molecule has 1 fully saturated rings. The third kappa shape index (κ3) is 7.77. The van der Waals surface area contributed by atoms with Crippen LogP contribution in [0, 0.1) is 16.0 Å². The first kappa shape index (κ1) is 30.0. The van der Waals surface area contributed by atoms with Gasteiger partial charge in [-0.15, -0.1) is 4.72 Å². The highest BCUT2D eigenvalue weighted by atomic mass is 35.5. The third-order valence-electron chi connectivity index (χ3n) is 6.06. The van der Waals surface area contributed by atoms with Crippen molar-refractivity contribution in [3.05, 3.63) is 74.8 Å². The van der Waals surface area contributed by atoms with Crippen LogP contribution >= 0.6 is 23.2 Å². The van der Waals surface area contributed by atoms with Crippen LogP contribution < -0.4 is 14.2 Å². The standard InChI is InChI=1S/C26H31Cl2N3O6S/c1-5-14-36-23-16-22(28)21(27)15-20(23)24(29-38(35)26(2,3)4)17-10-12-30(13-11-17)25(32)37-19-8-6-18(7-9-19)31(33)34/h5-9,15-17,24,29H,1,10-14H2,2-4H3/t24-,38-/m1/s1. The summed E-state index contributed by atoms with van der Waals surface area (Å²) in [5.74, 6) is 0.735. The zero-order valence-electron chi connectivity index (χ0n) is 21.4. The molecule has 2 aromatic rings.